The number of aromatic nitrogens is 3. The summed E-state index contributed by atoms with van der Waals surface area (Å²) < 4.78 is 6.94. The summed E-state index contributed by atoms with van der Waals surface area (Å²) >= 11 is 0. The Morgan fingerprint density at radius 1 is 1.50 bits per heavy atom. The third-order valence-corrected chi connectivity index (χ3v) is 2.23. The van der Waals surface area contributed by atoms with Gasteiger partial charge in [-0.05, 0) is 34.6 Å². The molecule has 0 aliphatic heterocycles. The summed E-state index contributed by atoms with van der Waals surface area (Å²) in [6, 6.07) is -0.467. The smallest absolute Gasteiger partial charge is 0.323 e. The molecule has 18 heavy (non-hydrogen) atoms. The van der Waals surface area contributed by atoms with Crippen molar-refractivity contribution in [2.75, 3.05) is 0 Å². The summed E-state index contributed by atoms with van der Waals surface area (Å²) in [6.07, 6.45) is 2.14. The average molecular weight is 254 g/mol. The maximum absolute atomic E-state index is 11.7. The number of nitrogens with two attached hydrogens (primary N) is 1. The van der Waals surface area contributed by atoms with E-state index in [1.807, 2.05) is 34.6 Å². The minimum atomic E-state index is -0.707. The normalized spacial score (nSPS) is 13.7. The van der Waals surface area contributed by atoms with Crippen LogP contribution < -0.4 is 5.73 Å². The Morgan fingerprint density at radius 2 is 2.11 bits per heavy atom. The van der Waals surface area contributed by atoms with Gasteiger partial charge in [0.05, 0.1) is 5.69 Å². The number of carbonyl (C=O) groups is 1. The van der Waals surface area contributed by atoms with Crippen LogP contribution in [0.5, 0.6) is 0 Å². The van der Waals surface area contributed by atoms with Gasteiger partial charge in [-0.2, -0.15) is 0 Å². The van der Waals surface area contributed by atoms with E-state index in [2.05, 4.69) is 10.3 Å². The molecule has 1 atom stereocenters. The van der Waals surface area contributed by atoms with Gasteiger partial charge in [0.1, 0.15) is 11.6 Å². The Kier molecular flexibility index (Phi) is 4.45. The minimum Gasteiger partial charge on any atom is -0.459 e. The van der Waals surface area contributed by atoms with Crippen LogP contribution in [0, 0.1) is 0 Å². The Hall–Kier alpha value is -1.43. The molecular weight excluding hydrogens is 232 g/mol. The molecule has 102 valence electrons. The number of esters is 1. The summed E-state index contributed by atoms with van der Waals surface area (Å²) in [5.74, 6) is -0.415. The van der Waals surface area contributed by atoms with Crippen molar-refractivity contribution in [1.29, 1.82) is 0 Å². The Bertz CT molecular complexity index is 406. The van der Waals surface area contributed by atoms with E-state index in [4.69, 9.17) is 10.5 Å². The molecule has 0 aromatic carbocycles. The van der Waals surface area contributed by atoms with Gasteiger partial charge < -0.3 is 10.5 Å². The summed E-state index contributed by atoms with van der Waals surface area (Å²) in [6.45, 7) is 9.45. The van der Waals surface area contributed by atoms with Crippen LogP contribution in [0.2, 0.25) is 0 Å². The Morgan fingerprint density at radius 3 is 2.56 bits per heavy atom. The van der Waals surface area contributed by atoms with Gasteiger partial charge in [-0.1, -0.05) is 5.21 Å². The predicted molar refractivity (Wildman–Crippen MR) is 67.9 cm³/mol. The Labute approximate surface area is 107 Å². The molecule has 0 saturated carbocycles. The van der Waals surface area contributed by atoms with Crippen LogP contribution >= 0.6 is 0 Å². The molecular formula is C12H22N4O2. The fraction of sp³-hybridized carbons (Fsp3) is 0.750. The molecule has 1 rings (SSSR count). The second kappa shape index (κ2) is 5.48. The molecule has 0 aliphatic carbocycles. The molecule has 0 spiro atoms. The lowest BCUT2D eigenvalue weighted by atomic mass is 10.1. The highest BCUT2D eigenvalue weighted by Gasteiger charge is 2.23. The van der Waals surface area contributed by atoms with Gasteiger partial charge in [0, 0.05) is 18.7 Å². The molecule has 6 nitrogen and oxygen atoms in total. The van der Waals surface area contributed by atoms with Crippen LogP contribution in [0.4, 0.5) is 0 Å². The number of carbonyl (C=O) groups excluding carboxylic acids is 1. The van der Waals surface area contributed by atoms with Gasteiger partial charge in [-0.3, -0.25) is 4.79 Å². The van der Waals surface area contributed by atoms with E-state index in [0.29, 0.717) is 12.1 Å². The summed E-state index contributed by atoms with van der Waals surface area (Å²) in [5.41, 5.74) is 5.96. The highest BCUT2D eigenvalue weighted by Crippen LogP contribution is 2.10. The van der Waals surface area contributed by atoms with Crippen LogP contribution in [-0.2, 0) is 16.0 Å². The second-order valence-electron chi connectivity index (χ2n) is 5.63. The lowest BCUT2D eigenvalue weighted by molar-refractivity contribution is -0.156. The zero-order chi connectivity index (χ0) is 13.9. The number of nitrogens with zero attached hydrogens (tertiary/aromatic N) is 3. The average Bonchev–Trinajstić information content (AvgIpc) is 2.63. The fourth-order valence-electron chi connectivity index (χ4n) is 1.35. The van der Waals surface area contributed by atoms with Gasteiger partial charge in [0.25, 0.3) is 0 Å². The first-order valence-corrected chi connectivity index (χ1v) is 6.08. The van der Waals surface area contributed by atoms with Crippen LogP contribution in [0.25, 0.3) is 0 Å². The van der Waals surface area contributed by atoms with Gasteiger partial charge in [-0.15, -0.1) is 5.10 Å². The highest BCUT2D eigenvalue weighted by atomic mass is 16.6. The predicted octanol–water partition coefficient (Wildman–Crippen LogP) is 1.07. The van der Waals surface area contributed by atoms with Crippen molar-refractivity contribution in [3.05, 3.63) is 11.9 Å². The van der Waals surface area contributed by atoms with E-state index in [-0.39, 0.29) is 6.04 Å². The lowest BCUT2D eigenvalue weighted by Gasteiger charge is -2.21. The molecule has 1 aromatic rings. The number of ether oxygens (including phenoxy) is 1. The number of hydrogen-bond acceptors (Lipinski definition) is 5. The van der Waals surface area contributed by atoms with E-state index in [0.717, 1.165) is 0 Å². The third kappa shape index (κ3) is 4.44. The fourth-order valence-corrected chi connectivity index (χ4v) is 1.35. The van der Waals surface area contributed by atoms with E-state index in [9.17, 15) is 4.79 Å². The van der Waals surface area contributed by atoms with Crippen LogP contribution in [-0.4, -0.2) is 32.6 Å². The highest BCUT2D eigenvalue weighted by molar-refractivity contribution is 5.76. The zero-order valence-electron chi connectivity index (χ0n) is 11.7. The van der Waals surface area contributed by atoms with Crippen molar-refractivity contribution in [3.63, 3.8) is 0 Å². The van der Waals surface area contributed by atoms with Crippen molar-refractivity contribution in [1.82, 2.24) is 15.0 Å². The molecule has 0 radical (unpaired) electrons. The van der Waals surface area contributed by atoms with Crippen molar-refractivity contribution in [2.24, 2.45) is 5.73 Å². The molecule has 1 aromatic heterocycles. The van der Waals surface area contributed by atoms with Crippen molar-refractivity contribution < 1.29 is 9.53 Å². The lowest BCUT2D eigenvalue weighted by Crippen LogP contribution is -2.38. The van der Waals surface area contributed by atoms with Crippen molar-refractivity contribution in [3.8, 4) is 0 Å². The first-order valence-electron chi connectivity index (χ1n) is 6.08. The molecule has 0 saturated heterocycles. The second-order valence-corrected chi connectivity index (χ2v) is 5.63. The first-order chi connectivity index (χ1) is 8.19. The van der Waals surface area contributed by atoms with E-state index < -0.39 is 17.6 Å². The largest absolute Gasteiger partial charge is 0.459 e. The monoisotopic (exact) mass is 254 g/mol. The number of rotatable bonds is 4. The molecule has 0 bridgehead atoms. The molecule has 2 N–H and O–H groups in total. The van der Waals surface area contributed by atoms with Crippen LogP contribution in [0.1, 0.15) is 46.4 Å². The molecule has 1 unspecified atom stereocenters. The van der Waals surface area contributed by atoms with Gasteiger partial charge in [-0.25, -0.2) is 4.68 Å². The topological polar surface area (TPSA) is 83.0 Å². The molecule has 0 fully saturated rings. The van der Waals surface area contributed by atoms with Gasteiger partial charge in [0.2, 0.25) is 0 Å². The molecule has 6 heteroatoms. The van der Waals surface area contributed by atoms with E-state index in [1.165, 1.54) is 0 Å². The standard InChI is InChI=1S/C12H22N4O2/c1-8(2)16-7-9(14-15-16)6-10(13)11(17)18-12(3,4)5/h7-8,10H,6,13H2,1-5H3. The van der Waals surface area contributed by atoms with Gasteiger partial charge >= 0.3 is 5.97 Å². The third-order valence-electron chi connectivity index (χ3n) is 2.23. The number of hydrogen-bond donors (Lipinski definition) is 1. The van der Waals surface area contributed by atoms with Crippen molar-refractivity contribution in [2.45, 2.75) is 58.7 Å². The Balaban J connectivity index is 2.58. The summed E-state index contributed by atoms with van der Waals surface area (Å²) in [5, 5.41) is 7.94. The molecule has 0 aliphatic rings. The van der Waals surface area contributed by atoms with E-state index in [1.54, 1.807) is 10.9 Å². The summed E-state index contributed by atoms with van der Waals surface area (Å²) in [4.78, 5) is 11.7. The summed E-state index contributed by atoms with van der Waals surface area (Å²) in [7, 11) is 0. The molecule has 1 heterocycles. The SMILES string of the molecule is CC(C)n1cc(CC(N)C(=O)OC(C)(C)C)nn1. The van der Waals surface area contributed by atoms with Gasteiger partial charge in [0.15, 0.2) is 0 Å². The molecule has 0 amide bonds. The quantitative estimate of drug-likeness (QED) is 0.813. The zero-order valence-corrected chi connectivity index (χ0v) is 11.7. The van der Waals surface area contributed by atoms with E-state index >= 15 is 0 Å². The first kappa shape index (κ1) is 14.6. The van der Waals surface area contributed by atoms with Crippen LogP contribution in [0.3, 0.4) is 0 Å². The maximum Gasteiger partial charge on any atom is 0.323 e. The van der Waals surface area contributed by atoms with Crippen LogP contribution in [0.15, 0.2) is 6.20 Å². The van der Waals surface area contributed by atoms with Crippen molar-refractivity contribution >= 4 is 5.97 Å². The minimum absolute atomic E-state index is 0.240. The maximum atomic E-state index is 11.7.